The van der Waals surface area contributed by atoms with Crippen molar-refractivity contribution in [2.24, 2.45) is 0 Å². The molecule has 1 aromatic rings. The van der Waals surface area contributed by atoms with Crippen LogP contribution in [0.2, 0.25) is 5.02 Å². The van der Waals surface area contributed by atoms with E-state index < -0.39 is 24.3 Å². The topological polar surface area (TPSA) is 74.6 Å². The molecule has 0 aliphatic rings. The number of rotatable bonds is 4. The third-order valence-electron chi connectivity index (χ3n) is 2.02. The van der Waals surface area contributed by atoms with E-state index >= 15 is 0 Å². The van der Waals surface area contributed by atoms with E-state index in [9.17, 15) is 9.59 Å². The zero-order valence-corrected chi connectivity index (χ0v) is 10.3. The van der Waals surface area contributed by atoms with E-state index in [2.05, 4.69) is 15.9 Å². The Morgan fingerprint density at radius 3 is 2.44 bits per heavy atom. The van der Waals surface area contributed by atoms with Gasteiger partial charge >= 0.3 is 11.9 Å². The van der Waals surface area contributed by atoms with Gasteiger partial charge < -0.3 is 10.2 Å². The van der Waals surface area contributed by atoms with Crippen molar-refractivity contribution in [3.63, 3.8) is 0 Å². The van der Waals surface area contributed by atoms with E-state index in [0.717, 1.165) is 0 Å². The third kappa shape index (κ3) is 3.21. The Morgan fingerprint density at radius 2 is 2.00 bits per heavy atom. The van der Waals surface area contributed by atoms with Crippen LogP contribution < -0.4 is 0 Å². The first kappa shape index (κ1) is 13.0. The molecule has 86 valence electrons. The van der Waals surface area contributed by atoms with Gasteiger partial charge in [0.25, 0.3) is 0 Å². The summed E-state index contributed by atoms with van der Waals surface area (Å²) in [6, 6.07) is 4.55. The van der Waals surface area contributed by atoms with E-state index in [1.54, 1.807) is 0 Å². The lowest BCUT2D eigenvalue weighted by atomic mass is 9.96. The van der Waals surface area contributed by atoms with E-state index in [1.165, 1.54) is 18.2 Å². The Balaban J connectivity index is 3.06. The highest BCUT2D eigenvalue weighted by atomic mass is 79.9. The van der Waals surface area contributed by atoms with Crippen LogP contribution in [0.4, 0.5) is 0 Å². The summed E-state index contributed by atoms with van der Waals surface area (Å²) in [6.45, 7) is 0. The summed E-state index contributed by atoms with van der Waals surface area (Å²) in [5.74, 6) is -3.39. The van der Waals surface area contributed by atoms with Crippen LogP contribution in [0.15, 0.2) is 22.7 Å². The molecule has 1 atom stereocenters. The van der Waals surface area contributed by atoms with Crippen LogP contribution in [0, 0.1) is 0 Å². The van der Waals surface area contributed by atoms with Crippen molar-refractivity contribution in [3.05, 3.63) is 33.3 Å². The molecule has 0 aliphatic carbocycles. The largest absolute Gasteiger partial charge is 0.481 e. The van der Waals surface area contributed by atoms with Crippen molar-refractivity contribution in [2.75, 3.05) is 0 Å². The molecular weight excluding hydrogens is 299 g/mol. The fourth-order valence-electron chi connectivity index (χ4n) is 1.25. The summed E-state index contributed by atoms with van der Waals surface area (Å²) in [5, 5.41) is 18.0. The Labute approximate surface area is 105 Å². The first-order chi connectivity index (χ1) is 7.41. The highest BCUT2D eigenvalue weighted by Gasteiger charge is 2.23. The number of carbonyl (C=O) groups is 2. The Bertz CT molecular complexity index is 433. The van der Waals surface area contributed by atoms with Gasteiger partial charge in [0.05, 0.1) is 17.4 Å². The molecule has 0 fully saturated rings. The van der Waals surface area contributed by atoms with Crippen LogP contribution in [0.25, 0.3) is 0 Å². The Morgan fingerprint density at radius 1 is 1.38 bits per heavy atom. The predicted molar refractivity (Wildman–Crippen MR) is 61.8 cm³/mol. The number of hydrogen-bond acceptors (Lipinski definition) is 2. The maximum Gasteiger partial charge on any atom is 0.311 e. The van der Waals surface area contributed by atoms with Gasteiger partial charge in [-0.05, 0) is 33.6 Å². The molecular formula is C10H8BrClO4. The molecule has 0 amide bonds. The highest BCUT2D eigenvalue weighted by molar-refractivity contribution is 9.10. The molecule has 1 rings (SSSR count). The second-order valence-electron chi connectivity index (χ2n) is 3.16. The van der Waals surface area contributed by atoms with Crippen LogP contribution in [0.3, 0.4) is 0 Å². The molecule has 0 spiro atoms. The molecule has 0 heterocycles. The van der Waals surface area contributed by atoms with E-state index in [1.807, 2.05) is 0 Å². The quantitative estimate of drug-likeness (QED) is 0.897. The van der Waals surface area contributed by atoms with Crippen LogP contribution in [0.1, 0.15) is 17.9 Å². The van der Waals surface area contributed by atoms with E-state index in [-0.39, 0.29) is 0 Å². The summed E-state index contributed by atoms with van der Waals surface area (Å²) in [5.41, 5.74) is 0.408. The van der Waals surface area contributed by atoms with Crippen molar-refractivity contribution in [3.8, 4) is 0 Å². The fourth-order valence-corrected chi connectivity index (χ4v) is 1.77. The summed E-state index contributed by atoms with van der Waals surface area (Å²) in [4.78, 5) is 21.5. The highest BCUT2D eigenvalue weighted by Crippen LogP contribution is 2.28. The average molecular weight is 308 g/mol. The standard InChI is InChI=1S/C10H8BrClO4/c11-7-3-5(1-2-8(7)12)6(10(15)16)4-9(13)14/h1-3,6H,4H2,(H,13,14)(H,15,16). The minimum atomic E-state index is -1.17. The maximum absolute atomic E-state index is 10.9. The second-order valence-corrected chi connectivity index (χ2v) is 4.42. The van der Waals surface area contributed by atoms with Gasteiger partial charge in [0.1, 0.15) is 0 Å². The Hall–Kier alpha value is -1.07. The lowest BCUT2D eigenvalue weighted by Gasteiger charge is -2.10. The third-order valence-corrected chi connectivity index (χ3v) is 3.24. The minimum absolute atomic E-state index is 0.408. The normalized spacial score (nSPS) is 12.1. The van der Waals surface area contributed by atoms with Crippen molar-refractivity contribution < 1.29 is 19.8 Å². The van der Waals surface area contributed by atoms with E-state index in [4.69, 9.17) is 21.8 Å². The molecule has 4 nitrogen and oxygen atoms in total. The number of carboxylic acids is 2. The summed E-state index contributed by atoms with van der Waals surface area (Å²) in [7, 11) is 0. The van der Waals surface area contributed by atoms with Gasteiger partial charge in [0.15, 0.2) is 0 Å². The van der Waals surface area contributed by atoms with Crippen molar-refractivity contribution in [2.45, 2.75) is 12.3 Å². The molecule has 1 unspecified atom stereocenters. The van der Waals surface area contributed by atoms with Gasteiger partial charge in [0.2, 0.25) is 0 Å². The number of halogens is 2. The smallest absolute Gasteiger partial charge is 0.311 e. The van der Waals surface area contributed by atoms with Crippen LogP contribution in [-0.2, 0) is 9.59 Å². The summed E-state index contributed by atoms with van der Waals surface area (Å²) >= 11 is 8.92. The van der Waals surface area contributed by atoms with Gasteiger partial charge in [-0.25, -0.2) is 0 Å². The second kappa shape index (κ2) is 5.32. The number of aliphatic carboxylic acids is 2. The summed E-state index contributed by atoms with van der Waals surface area (Å²) in [6.07, 6.45) is -0.455. The SMILES string of the molecule is O=C(O)CC(C(=O)O)c1ccc(Cl)c(Br)c1. The molecule has 0 saturated heterocycles. The molecule has 0 radical (unpaired) electrons. The van der Waals surface area contributed by atoms with E-state index in [0.29, 0.717) is 15.1 Å². The van der Waals surface area contributed by atoms with Crippen molar-refractivity contribution in [1.82, 2.24) is 0 Å². The molecule has 2 N–H and O–H groups in total. The zero-order chi connectivity index (χ0) is 12.3. The monoisotopic (exact) mass is 306 g/mol. The first-order valence-corrected chi connectivity index (χ1v) is 5.48. The van der Waals surface area contributed by atoms with Gasteiger partial charge in [-0.2, -0.15) is 0 Å². The van der Waals surface area contributed by atoms with Gasteiger partial charge in [-0.15, -0.1) is 0 Å². The lowest BCUT2D eigenvalue weighted by Crippen LogP contribution is -2.15. The molecule has 1 aromatic carbocycles. The van der Waals surface area contributed by atoms with Crippen LogP contribution in [0.5, 0.6) is 0 Å². The predicted octanol–water partition coefficient (Wildman–Crippen LogP) is 2.75. The number of carboxylic acid groups (broad SMARTS) is 2. The first-order valence-electron chi connectivity index (χ1n) is 4.31. The molecule has 6 heteroatoms. The zero-order valence-electron chi connectivity index (χ0n) is 7.98. The minimum Gasteiger partial charge on any atom is -0.481 e. The summed E-state index contributed by atoms with van der Waals surface area (Å²) < 4.78 is 0.545. The van der Waals surface area contributed by atoms with Crippen molar-refractivity contribution >= 4 is 39.5 Å². The lowest BCUT2D eigenvalue weighted by molar-refractivity contribution is -0.145. The van der Waals surface area contributed by atoms with Gasteiger partial charge in [-0.1, -0.05) is 17.7 Å². The average Bonchev–Trinajstić information content (AvgIpc) is 2.18. The molecule has 16 heavy (non-hydrogen) atoms. The fraction of sp³-hybridized carbons (Fsp3) is 0.200. The van der Waals surface area contributed by atoms with Crippen LogP contribution in [-0.4, -0.2) is 22.2 Å². The molecule has 0 aliphatic heterocycles. The molecule has 0 saturated carbocycles. The maximum atomic E-state index is 10.9. The molecule has 0 bridgehead atoms. The Kier molecular flexibility index (Phi) is 4.32. The number of benzene rings is 1. The molecule has 0 aromatic heterocycles. The van der Waals surface area contributed by atoms with Crippen LogP contribution >= 0.6 is 27.5 Å². The van der Waals surface area contributed by atoms with Gasteiger partial charge in [-0.3, -0.25) is 9.59 Å². The number of hydrogen-bond donors (Lipinski definition) is 2. The van der Waals surface area contributed by atoms with Gasteiger partial charge in [0, 0.05) is 4.47 Å². The van der Waals surface area contributed by atoms with Crippen molar-refractivity contribution in [1.29, 1.82) is 0 Å².